The maximum Gasteiger partial charge on any atom is 0.573 e. The molecule has 2 rings (SSSR count). The molecule has 0 aromatic heterocycles. The van der Waals surface area contributed by atoms with Gasteiger partial charge in [0.1, 0.15) is 5.75 Å². The summed E-state index contributed by atoms with van der Waals surface area (Å²) in [6.07, 6.45) is -1.19. The number of rotatable bonds is 10. The second kappa shape index (κ2) is 12.6. The number of nitrogens with one attached hydrogen (secondary N) is 2. The van der Waals surface area contributed by atoms with Crippen LogP contribution in [0.2, 0.25) is 0 Å². The smallest absolute Gasteiger partial charge is 0.406 e. The Kier molecular flexibility index (Phi) is 11.2. The van der Waals surface area contributed by atoms with Crippen molar-refractivity contribution in [3.8, 4) is 5.75 Å². The number of methoxy groups -OCH3 is 1. The Morgan fingerprint density at radius 1 is 1.23 bits per heavy atom. The fourth-order valence-electron chi connectivity index (χ4n) is 3.27. The molecule has 1 atom stereocenters. The average molecular weight is 545 g/mol. The third-order valence-corrected chi connectivity index (χ3v) is 5.13. The highest BCUT2D eigenvalue weighted by atomic mass is 127. The minimum absolute atomic E-state index is 0. The Morgan fingerprint density at radius 3 is 2.40 bits per heavy atom. The van der Waals surface area contributed by atoms with E-state index in [1.54, 1.807) is 7.11 Å². The van der Waals surface area contributed by atoms with E-state index < -0.39 is 12.5 Å². The zero-order chi connectivity index (χ0) is 21.3. The molecule has 0 aliphatic heterocycles. The first kappa shape index (κ1) is 26.8. The van der Waals surface area contributed by atoms with Crippen LogP contribution >= 0.6 is 24.0 Å². The Hall–Kier alpha value is -1.27. The molecule has 30 heavy (non-hydrogen) atoms. The van der Waals surface area contributed by atoms with Crippen LogP contribution < -0.4 is 15.4 Å². The van der Waals surface area contributed by atoms with E-state index in [2.05, 4.69) is 20.4 Å². The number of aliphatic hydroxyl groups is 1. The van der Waals surface area contributed by atoms with Gasteiger partial charge in [-0.05, 0) is 49.3 Å². The molecule has 6 nitrogen and oxygen atoms in total. The highest BCUT2D eigenvalue weighted by molar-refractivity contribution is 14.0. The number of alkyl halides is 3. The fourth-order valence-corrected chi connectivity index (χ4v) is 3.27. The van der Waals surface area contributed by atoms with Crippen LogP contribution in [0, 0.1) is 5.41 Å². The third-order valence-electron chi connectivity index (χ3n) is 5.13. The molecule has 0 spiro atoms. The maximum absolute atomic E-state index is 12.2. The second-order valence-electron chi connectivity index (χ2n) is 7.31. The lowest BCUT2D eigenvalue weighted by molar-refractivity contribution is -0.274. The Morgan fingerprint density at radius 2 is 1.90 bits per heavy atom. The Bertz CT molecular complexity index is 653. The third kappa shape index (κ3) is 8.84. The van der Waals surface area contributed by atoms with Crippen LogP contribution in [0.4, 0.5) is 13.2 Å². The van der Waals surface area contributed by atoms with E-state index in [0.717, 1.165) is 19.3 Å². The molecule has 0 radical (unpaired) electrons. The molecule has 1 fully saturated rings. The summed E-state index contributed by atoms with van der Waals surface area (Å²) in [6, 6.07) is 5.18. The minimum atomic E-state index is -4.74. The molecule has 1 aromatic rings. The molecule has 1 saturated carbocycles. The van der Waals surface area contributed by atoms with Crippen LogP contribution in [0.1, 0.15) is 44.3 Å². The first-order valence-corrected chi connectivity index (χ1v) is 9.82. The van der Waals surface area contributed by atoms with E-state index in [4.69, 9.17) is 4.74 Å². The summed E-state index contributed by atoms with van der Waals surface area (Å²) in [4.78, 5) is 4.66. The summed E-state index contributed by atoms with van der Waals surface area (Å²) in [6.45, 7) is 4.21. The van der Waals surface area contributed by atoms with Gasteiger partial charge in [0.05, 0.1) is 6.10 Å². The molecular formula is C20H31F3IN3O3. The van der Waals surface area contributed by atoms with E-state index in [1.807, 2.05) is 6.92 Å². The molecule has 1 unspecified atom stereocenters. The van der Waals surface area contributed by atoms with Crippen LogP contribution in [0.15, 0.2) is 29.3 Å². The molecule has 3 N–H and O–H groups in total. The summed E-state index contributed by atoms with van der Waals surface area (Å²) in [5.41, 5.74) is 0.670. The van der Waals surface area contributed by atoms with Crippen LogP contribution in [0.3, 0.4) is 0 Å². The van der Waals surface area contributed by atoms with Crippen molar-refractivity contribution in [2.24, 2.45) is 10.4 Å². The first-order chi connectivity index (χ1) is 13.8. The standard InChI is InChI=1S/C20H30F3N3O3.HI/c1-3-24-18(26-14-19(9-4-10-19)11-12-28-2)25-13-17(27)15-5-7-16(8-6-15)29-20(21,22)23;/h5-8,17,27H,3-4,9-14H2,1-2H3,(H2,24,25,26);1H. The summed E-state index contributed by atoms with van der Waals surface area (Å²) in [5, 5.41) is 16.6. The van der Waals surface area contributed by atoms with Gasteiger partial charge < -0.3 is 25.2 Å². The van der Waals surface area contributed by atoms with Gasteiger partial charge in [0.15, 0.2) is 5.96 Å². The monoisotopic (exact) mass is 545 g/mol. The van der Waals surface area contributed by atoms with Crippen LogP contribution in [0.25, 0.3) is 0 Å². The molecule has 172 valence electrons. The van der Waals surface area contributed by atoms with Gasteiger partial charge in [-0.3, -0.25) is 4.99 Å². The van der Waals surface area contributed by atoms with Crippen molar-refractivity contribution >= 4 is 29.9 Å². The fraction of sp³-hybridized carbons (Fsp3) is 0.650. The van der Waals surface area contributed by atoms with Gasteiger partial charge in [0, 0.05) is 33.4 Å². The number of halogens is 4. The van der Waals surface area contributed by atoms with E-state index in [9.17, 15) is 18.3 Å². The van der Waals surface area contributed by atoms with Gasteiger partial charge in [0.25, 0.3) is 0 Å². The quantitative estimate of drug-likeness (QED) is 0.236. The predicted octanol–water partition coefficient (Wildman–Crippen LogP) is 4.00. The highest BCUT2D eigenvalue weighted by Crippen LogP contribution is 2.44. The van der Waals surface area contributed by atoms with Crippen molar-refractivity contribution in [3.63, 3.8) is 0 Å². The Labute approximate surface area is 192 Å². The normalized spacial score (nSPS) is 16.8. The minimum Gasteiger partial charge on any atom is -0.406 e. The summed E-state index contributed by atoms with van der Waals surface area (Å²) in [5.74, 6) is 0.283. The SMILES string of the molecule is CCNC(=NCC1(CCOC)CCC1)NCC(O)c1ccc(OC(F)(F)F)cc1.I. The van der Waals surface area contributed by atoms with Gasteiger partial charge in [0.2, 0.25) is 0 Å². The Balaban J connectivity index is 0.00000450. The molecular weight excluding hydrogens is 514 g/mol. The predicted molar refractivity (Wildman–Crippen MR) is 120 cm³/mol. The van der Waals surface area contributed by atoms with E-state index in [1.165, 1.54) is 30.7 Å². The number of aliphatic imine (C=N–C) groups is 1. The maximum atomic E-state index is 12.2. The van der Waals surface area contributed by atoms with Gasteiger partial charge in [-0.2, -0.15) is 0 Å². The summed E-state index contributed by atoms with van der Waals surface area (Å²) in [7, 11) is 1.70. The van der Waals surface area contributed by atoms with E-state index in [0.29, 0.717) is 31.2 Å². The van der Waals surface area contributed by atoms with Crippen molar-refractivity contribution < 1.29 is 27.8 Å². The molecule has 0 bridgehead atoms. The first-order valence-electron chi connectivity index (χ1n) is 9.82. The highest BCUT2D eigenvalue weighted by Gasteiger charge is 2.36. The van der Waals surface area contributed by atoms with Crippen molar-refractivity contribution in [2.45, 2.75) is 45.1 Å². The lowest BCUT2D eigenvalue weighted by Gasteiger charge is -2.40. The lowest BCUT2D eigenvalue weighted by Crippen LogP contribution is -2.41. The summed E-state index contributed by atoms with van der Waals surface area (Å²) < 4.78 is 45.7. The molecule has 1 aliphatic rings. The topological polar surface area (TPSA) is 75.1 Å². The van der Waals surface area contributed by atoms with E-state index >= 15 is 0 Å². The molecule has 1 aliphatic carbocycles. The number of ether oxygens (including phenoxy) is 2. The largest absolute Gasteiger partial charge is 0.573 e. The molecule has 0 saturated heterocycles. The molecule has 1 aromatic carbocycles. The van der Waals surface area contributed by atoms with Crippen LogP contribution in [-0.4, -0.2) is 50.8 Å². The van der Waals surface area contributed by atoms with E-state index in [-0.39, 0.29) is 41.7 Å². The zero-order valence-electron chi connectivity index (χ0n) is 17.3. The second-order valence-corrected chi connectivity index (χ2v) is 7.31. The van der Waals surface area contributed by atoms with Crippen molar-refractivity contribution in [1.82, 2.24) is 10.6 Å². The zero-order valence-corrected chi connectivity index (χ0v) is 19.6. The number of aliphatic hydroxyl groups excluding tert-OH is 1. The molecule has 0 amide bonds. The van der Waals surface area contributed by atoms with Gasteiger partial charge in [-0.15, -0.1) is 37.1 Å². The van der Waals surface area contributed by atoms with Gasteiger partial charge in [-0.25, -0.2) is 0 Å². The molecule has 0 heterocycles. The van der Waals surface area contributed by atoms with Crippen molar-refractivity contribution in [2.75, 3.05) is 33.4 Å². The van der Waals surface area contributed by atoms with Gasteiger partial charge in [-0.1, -0.05) is 18.6 Å². The number of hydrogen-bond donors (Lipinski definition) is 3. The van der Waals surface area contributed by atoms with Crippen molar-refractivity contribution in [1.29, 1.82) is 0 Å². The number of guanidine groups is 1. The van der Waals surface area contributed by atoms with Gasteiger partial charge >= 0.3 is 6.36 Å². The lowest BCUT2D eigenvalue weighted by atomic mass is 9.67. The number of nitrogens with zero attached hydrogens (tertiary/aromatic N) is 1. The van der Waals surface area contributed by atoms with Crippen LogP contribution in [0.5, 0.6) is 5.75 Å². The van der Waals surface area contributed by atoms with Crippen LogP contribution in [-0.2, 0) is 4.74 Å². The van der Waals surface area contributed by atoms with Crippen molar-refractivity contribution in [3.05, 3.63) is 29.8 Å². The summed E-state index contributed by atoms with van der Waals surface area (Å²) >= 11 is 0. The number of benzene rings is 1. The molecule has 10 heteroatoms. The number of hydrogen-bond acceptors (Lipinski definition) is 4. The average Bonchev–Trinajstić information content (AvgIpc) is 2.64.